The Morgan fingerprint density at radius 1 is 0.820 bits per heavy atom. The van der Waals surface area contributed by atoms with Crippen LogP contribution in [0.3, 0.4) is 0 Å². The molecule has 1 aromatic heterocycles. The summed E-state index contributed by atoms with van der Waals surface area (Å²) in [6.07, 6.45) is 1.65. The summed E-state index contributed by atoms with van der Waals surface area (Å²) in [6.45, 7) is 8.21. The summed E-state index contributed by atoms with van der Waals surface area (Å²) < 4.78 is 32.9. The van der Waals surface area contributed by atoms with Crippen LogP contribution in [0.4, 0.5) is 32.3 Å². The van der Waals surface area contributed by atoms with Gasteiger partial charge in [-0.05, 0) is 59.9 Å². The third kappa shape index (κ3) is 5.75. The number of carbonyl (C=O) groups is 1. The van der Waals surface area contributed by atoms with Crippen molar-refractivity contribution in [3.8, 4) is 11.5 Å². The number of rotatable bonds is 10. The molecule has 0 aliphatic carbocycles. The fourth-order valence-electron chi connectivity index (χ4n) is 7.35. The van der Waals surface area contributed by atoms with E-state index in [9.17, 15) is 0 Å². The largest absolute Gasteiger partial charge is 0.497 e. The molecule has 11 heteroatoms. The topological polar surface area (TPSA) is 89.1 Å². The van der Waals surface area contributed by atoms with Crippen molar-refractivity contribution >= 4 is 39.7 Å². The number of amides is 2. The molecule has 4 aromatic carbocycles. The Morgan fingerprint density at radius 2 is 1.40 bits per heavy atom. The van der Waals surface area contributed by atoms with Crippen molar-refractivity contribution in [3.63, 3.8) is 0 Å². The molecule has 0 saturated heterocycles. The Hall–Kier alpha value is -5.26. The maximum absolute atomic E-state index is 15.8. The van der Waals surface area contributed by atoms with Crippen LogP contribution in [0.25, 0.3) is 0 Å². The average molecular weight is 689 g/mol. The molecule has 255 valence electrons. The molecule has 3 radical (unpaired) electrons. The first kappa shape index (κ1) is 34.6. The van der Waals surface area contributed by atoms with Gasteiger partial charge in [-0.15, -0.1) is 0 Å². The summed E-state index contributed by atoms with van der Waals surface area (Å²) in [5.74, 6) is 0.989. The van der Waals surface area contributed by atoms with Gasteiger partial charge in [0.25, 0.3) is 0 Å². The SMILES string of the molecule is COc1ccc(Nc2ncc3c(n2)N([C@@](C)(O[Si])C(c2ccccc2)(c2ccccc2)C(C)(C)C)C(=O)N(c2ccc(OC)cc2F)C3)cc1. The van der Waals surface area contributed by atoms with Gasteiger partial charge in [-0.2, -0.15) is 4.98 Å². The lowest BCUT2D eigenvalue weighted by Gasteiger charge is -2.60. The van der Waals surface area contributed by atoms with Gasteiger partial charge in [0.1, 0.15) is 17.3 Å². The number of fused-ring (bicyclic) bond motifs is 1. The Morgan fingerprint density at radius 3 is 1.92 bits per heavy atom. The highest BCUT2D eigenvalue weighted by molar-refractivity contribution is 6.08. The third-order valence-electron chi connectivity index (χ3n) is 9.46. The molecule has 0 bridgehead atoms. The number of hydrogen-bond donors (Lipinski definition) is 1. The van der Waals surface area contributed by atoms with Crippen LogP contribution >= 0.6 is 0 Å². The van der Waals surface area contributed by atoms with Gasteiger partial charge in [-0.3, -0.25) is 4.90 Å². The van der Waals surface area contributed by atoms with E-state index in [0.717, 1.165) is 16.8 Å². The number of benzene rings is 4. The van der Waals surface area contributed by atoms with Crippen LogP contribution in [-0.2, 0) is 16.4 Å². The monoisotopic (exact) mass is 688 g/mol. The van der Waals surface area contributed by atoms with Crippen LogP contribution in [-0.4, -0.2) is 46.4 Å². The van der Waals surface area contributed by atoms with Crippen LogP contribution in [0.2, 0.25) is 0 Å². The van der Waals surface area contributed by atoms with Gasteiger partial charge >= 0.3 is 6.03 Å². The lowest BCUT2D eigenvalue weighted by atomic mass is 9.53. The van der Waals surface area contributed by atoms with Crippen molar-refractivity contribution in [1.82, 2.24) is 9.97 Å². The van der Waals surface area contributed by atoms with E-state index < -0.39 is 28.4 Å². The van der Waals surface area contributed by atoms with Crippen molar-refractivity contribution in [2.45, 2.75) is 45.4 Å². The minimum absolute atomic E-state index is 0.00766. The van der Waals surface area contributed by atoms with E-state index in [1.54, 1.807) is 19.4 Å². The number of halogens is 1. The average Bonchev–Trinajstić information content (AvgIpc) is 3.12. The zero-order valence-electron chi connectivity index (χ0n) is 28.9. The first-order chi connectivity index (χ1) is 24.0. The molecular weight excluding hydrogens is 650 g/mol. The lowest BCUT2D eigenvalue weighted by molar-refractivity contribution is -0.0243. The first-order valence-electron chi connectivity index (χ1n) is 16.2. The van der Waals surface area contributed by atoms with Crippen molar-refractivity contribution in [3.05, 3.63) is 132 Å². The summed E-state index contributed by atoms with van der Waals surface area (Å²) in [7, 11) is 6.57. The van der Waals surface area contributed by atoms with Gasteiger partial charge in [0.15, 0.2) is 11.5 Å². The van der Waals surface area contributed by atoms with Crippen LogP contribution < -0.4 is 24.6 Å². The molecule has 1 N–H and O–H groups in total. The molecule has 9 nitrogen and oxygen atoms in total. The number of methoxy groups -OCH3 is 2. The second-order valence-electron chi connectivity index (χ2n) is 13.2. The van der Waals surface area contributed by atoms with E-state index in [0.29, 0.717) is 22.9 Å². The first-order valence-corrected chi connectivity index (χ1v) is 16.6. The molecule has 0 saturated carbocycles. The Bertz CT molecular complexity index is 1940. The number of nitrogens with one attached hydrogen (secondary N) is 1. The summed E-state index contributed by atoms with van der Waals surface area (Å²) in [4.78, 5) is 27.7. The molecular formula is C39H39FN5O4Si. The summed E-state index contributed by atoms with van der Waals surface area (Å²) >= 11 is 0. The molecule has 0 spiro atoms. The number of aromatic nitrogens is 2. The zero-order valence-corrected chi connectivity index (χ0v) is 29.9. The van der Waals surface area contributed by atoms with Crippen molar-refractivity contribution in [1.29, 1.82) is 0 Å². The predicted molar refractivity (Wildman–Crippen MR) is 194 cm³/mol. The normalized spacial score (nSPS) is 14.5. The maximum Gasteiger partial charge on any atom is 0.332 e. The van der Waals surface area contributed by atoms with Crippen LogP contribution in [0.1, 0.15) is 44.4 Å². The summed E-state index contributed by atoms with van der Waals surface area (Å²) in [5.41, 5.74) is -0.0555. The Labute approximate surface area is 295 Å². The highest BCUT2D eigenvalue weighted by atomic mass is 28.2. The van der Waals surface area contributed by atoms with Gasteiger partial charge in [-0.25, -0.2) is 19.1 Å². The van der Waals surface area contributed by atoms with Gasteiger partial charge in [-0.1, -0.05) is 81.4 Å². The molecule has 1 aliphatic heterocycles. The van der Waals surface area contributed by atoms with Crippen molar-refractivity contribution in [2.24, 2.45) is 5.41 Å². The number of hydrogen-bond acceptors (Lipinski definition) is 7. The molecule has 0 unspecified atom stereocenters. The summed E-state index contributed by atoms with van der Waals surface area (Å²) in [6, 6.07) is 31.1. The van der Waals surface area contributed by atoms with Crippen LogP contribution in [0.5, 0.6) is 11.5 Å². The molecule has 5 aromatic rings. The van der Waals surface area contributed by atoms with E-state index in [1.807, 2.05) is 91.9 Å². The fraction of sp³-hybridized carbons (Fsp3) is 0.256. The minimum Gasteiger partial charge on any atom is -0.497 e. The molecule has 6 rings (SSSR count). The number of carbonyl (C=O) groups excluding carboxylic acids is 1. The van der Waals surface area contributed by atoms with E-state index >= 15 is 9.18 Å². The number of urea groups is 1. The van der Waals surface area contributed by atoms with E-state index in [4.69, 9.17) is 18.9 Å². The van der Waals surface area contributed by atoms with E-state index in [1.165, 1.54) is 29.0 Å². The summed E-state index contributed by atoms with van der Waals surface area (Å²) in [5, 5.41) is 3.25. The molecule has 1 aliphatic rings. The fourth-order valence-corrected chi connectivity index (χ4v) is 7.60. The van der Waals surface area contributed by atoms with Crippen LogP contribution in [0, 0.1) is 11.2 Å². The molecule has 0 fully saturated rings. The Kier molecular flexibility index (Phi) is 9.39. The molecule has 50 heavy (non-hydrogen) atoms. The Balaban J connectivity index is 1.63. The quantitative estimate of drug-likeness (QED) is 0.148. The second-order valence-corrected chi connectivity index (χ2v) is 13.4. The van der Waals surface area contributed by atoms with Crippen LogP contribution in [0.15, 0.2) is 109 Å². The predicted octanol–water partition coefficient (Wildman–Crippen LogP) is 8.17. The number of nitrogens with zero attached hydrogens (tertiary/aromatic N) is 4. The third-order valence-corrected chi connectivity index (χ3v) is 9.85. The zero-order chi connectivity index (χ0) is 35.7. The van der Waals surface area contributed by atoms with Gasteiger partial charge in [0, 0.05) is 23.5 Å². The molecule has 1 atom stereocenters. The molecule has 2 amide bonds. The van der Waals surface area contributed by atoms with E-state index in [-0.39, 0.29) is 18.2 Å². The smallest absolute Gasteiger partial charge is 0.332 e. The van der Waals surface area contributed by atoms with Gasteiger partial charge in [0.05, 0.1) is 31.9 Å². The van der Waals surface area contributed by atoms with Crippen molar-refractivity contribution < 1.29 is 23.1 Å². The minimum atomic E-state index is -1.55. The lowest BCUT2D eigenvalue weighted by Crippen LogP contribution is -2.71. The highest BCUT2D eigenvalue weighted by Crippen LogP contribution is 2.57. The highest BCUT2D eigenvalue weighted by Gasteiger charge is 2.63. The van der Waals surface area contributed by atoms with Gasteiger partial charge < -0.3 is 19.2 Å². The van der Waals surface area contributed by atoms with Crippen molar-refractivity contribution in [2.75, 3.05) is 29.3 Å². The molecule has 2 heterocycles. The van der Waals surface area contributed by atoms with Gasteiger partial charge in [0.2, 0.25) is 16.4 Å². The van der Waals surface area contributed by atoms with E-state index in [2.05, 4.69) is 41.6 Å². The number of anilines is 4. The maximum atomic E-state index is 15.8. The standard InChI is InChI=1S/C39H39FN5O4Si/c1-37(2,3)39(27-13-9-7-10-14-27,28-15-11-8-12-16-28)38(4,49-50)45-34-26(24-41-35(43-34)42-29-17-19-30(47-5)20-18-29)25-44(36(45)46)33-22-21-31(48-6)23-32(33)40/h7-24H,25H2,1-6H3,(H,41,42,43)/t38-/m0/s1. The second kappa shape index (κ2) is 13.6. The number of ether oxygens (including phenoxy) is 2.